The lowest BCUT2D eigenvalue weighted by atomic mass is 9.97. The fourth-order valence-electron chi connectivity index (χ4n) is 7.59. The first-order chi connectivity index (χ1) is 28.7. The van der Waals surface area contributed by atoms with Crippen molar-refractivity contribution < 1.29 is 29.1 Å². The van der Waals surface area contributed by atoms with Gasteiger partial charge in [0, 0.05) is 81.9 Å². The van der Waals surface area contributed by atoms with Gasteiger partial charge in [0.15, 0.2) is 6.29 Å². The van der Waals surface area contributed by atoms with Gasteiger partial charge in [-0.3, -0.25) is 24.6 Å². The Morgan fingerprint density at radius 3 is 2.19 bits per heavy atom. The number of nitrogens with two attached hydrogens (primary N) is 1. The van der Waals surface area contributed by atoms with E-state index >= 15 is 0 Å². The molecular formula is C46H50N6O7. The van der Waals surface area contributed by atoms with E-state index in [0.717, 1.165) is 71.8 Å². The number of carbonyl (C=O) groups is 2. The van der Waals surface area contributed by atoms with Crippen LogP contribution in [-0.4, -0.2) is 65.6 Å². The predicted octanol–water partition coefficient (Wildman–Crippen LogP) is 7.13. The Bertz CT molecular complexity index is 2190. The number of amides is 2. The van der Waals surface area contributed by atoms with Crippen LogP contribution in [0.1, 0.15) is 60.3 Å². The molecule has 0 saturated carbocycles. The minimum Gasteiger partial charge on any atom is -0.397 e. The lowest BCUT2D eigenvalue weighted by Crippen LogP contribution is -2.49. The summed E-state index contributed by atoms with van der Waals surface area (Å²) in [5, 5.41) is 26.6. The third-order valence-corrected chi connectivity index (χ3v) is 10.9. The zero-order valence-electron chi connectivity index (χ0n) is 32.9. The van der Waals surface area contributed by atoms with Gasteiger partial charge in [0.1, 0.15) is 0 Å². The van der Waals surface area contributed by atoms with Gasteiger partial charge in [-0.25, -0.2) is 0 Å². The minimum atomic E-state index is -0.603. The number of nitro groups is 1. The van der Waals surface area contributed by atoms with E-state index in [1.54, 1.807) is 36.4 Å². The summed E-state index contributed by atoms with van der Waals surface area (Å²) in [6.45, 7) is 4.30. The van der Waals surface area contributed by atoms with E-state index < -0.39 is 6.29 Å². The molecule has 13 heteroatoms. The molecular weight excluding hydrogens is 749 g/mol. The number of benzene rings is 5. The minimum absolute atomic E-state index is 0.0277. The molecule has 5 aromatic carbocycles. The normalized spacial score (nSPS) is 18.3. The van der Waals surface area contributed by atoms with Gasteiger partial charge in [-0.2, -0.15) is 0 Å². The number of para-hydroxylation sites is 2. The largest absolute Gasteiger partial charge is 0.397 e. The summed E-state index contributed by atoms with van der Waals surface area (Å²) in [6.07, 6.45) is 0.590. The van der Waals surface area contributed by atoms with Crippen molar-refractivity contribution in [2.45, 2.75) is 57.3 Å². The van der Waals surface area contributed by atoms with Gasteiger partial charge in [0.25, 0.3) is 5.69 Å². The lowest BCUT2D eigenvalue weighted by molar-refractivity contribution is -0.384. The van der Waals surface area contributed by atoms with Gasteiger partial charge >= 0.3 is 0 Å². The average molecular weight is 799 g/mol. The van der Waals surface area contributed by atoms with Crippen molar-refractivity contribution in [3.8, 4) is 11.1 Å². The molecule has 0 bridgehead atoms. The molecule has 2 saturated heterocycles. The van der Waals surface area contributed by atoms with Crippen LogP contribution >= 0.6 is 0 Å². The maximum Gasteiger partial charge on any atom is 0.269 e. The van der Waals surface area contributed by atoms with E-state index in [4.69, 9.17) is 15.2 Å². The number of nitrogens with zero attached hydrogens (tertiary/aromatic N) is 3. The smallest absolute Gasteiger partial charge is 0.269 e. The molecule has 0 radical (unpaired) electrons. The molecule has 0 unspecified atom stereocenters. The molecule has 0 aromatic heterocycles. The number of hydrogen-bond donors (Lipinski definition) is 4. The number of aliphatic hydroxyl groups excluding tert-OH is 1. The number of anilines is 3. The number of non-ortho nitro benzene ring substituents is 1. The van der Waals surface area contributed by atoms with E-state index in [2.05, 4.69) is 20.4 Å². The molecule has 2 amide bonds. The first-order valence-corrected chi connectivity index (χ1v) is 20.0. The lowest BCUT2D eigenvalue weighted by Gasteiger charge is -2.41. The van der Waals surface area contributed by atoms with E-state index in [1.807, 2.05) is 84.9 Å². The molecule has 2 fully saturated rings. The first kappa shape index (κ1) is 41.1. The summed E-state index contributed by atoms with van der Waals surface area (Å²) < 4.78 is 13.3. The average Bonchev–Trinajstić information content (AvgIpc) is 3.27. The summed E-state index contributed by atoms with van der Waals surface area (Å²) >= 11 is 0. The Morgan fingerprint density at radius 1 is 0.797 bits per heavy atom. The number of hydrogen-bond acceptors (Lipinski definition) is 10. The molecule has 2 aliphatic heterocycles. The van der Waals surface area contributed by atoms with Crippen LogP contribution in [0.15, 0.2) is 121 Å². The number of nitrogen functional groups attached to an aromatic ring is 1. The van der Waals surface area contributed by atoms with Crippen molar-refractivity contribution in [2.75, 3.05) is 48.7 Å². The van der Waals surface area contributed by atoms with Crippen LogP contribution < -0.4 is 21.3 Å². The standard InChI is InChI=1S/C46H50N6O7/c47-41-8-3-4-9-42(41)49-45(55)11-5-10-44(54)48-29-36-6-1-2-7-40(36)33-16-18-35(19-17-33)46-58-39(28-43(59-46)34-14-12-32(31-53)13-15-34)30-50-24-26-51(27-25-50)37-20-22-38(23-21-37)52(56)57/h1-4,6-9,12-23,39,43,46,53H,5,10-11,24-31,47H2,(H,48,54)(H,49,55)/t39-,43+,46+/m0/s1. The van der Waals surface area contributed by atoms with E-state index in [9.17, 15) is 24.8 Å². The van der Waals surface area contributed by atoms with Gasteiger partial charge in [-0.1, -0.05) is 84.9 Å². The van der Waals surface area contributed by atoms with Gasteiger partial charge in [-0.05, 0) is 58.5 Å². The molecule has 3 atom stereocenters. The molecule has 13 nitrogen and oxygen atoms in total. The number of rotatable bonds is 15. The van der Waals surface area contributed by atoms with Crippen molar-refractivity contribution in [3.63, 3.8) is 0 Å². The Kier molecular flexibility index (Phi) is 13.6. The van der Waals surface area contributed by atoms with Gasteiger partial charge in [0.2, 0.25) is 11.8 Å². The Hall–Kier alpha value is -6.12. The molecule has 0 spiro atoms. The molecule has 2 aliphatic rings. The molecule has 306 valence electrons. The fourth-order valence-corrected chi connectivity index (χ4v) is 7.59. The van der Waals surface area contributed by atoms with E-state index in [1.165, 1.54) is 0 Å². The summed E-state index contributed by atoms with van der Waals surface area (Å²) in [5.41, 5.74) is 13.7. The van der Waals surface area contributed by atoms with Crippen LogP contribution in [0.2, 0.25) is 0 Å². The molecule has 0 aliphatic carbocycles. The highest BCUT2D eigenvalue weighted by atomic mass is 16.7. The number of nitrogens with one attached hydrogen (secondary N) is 2. The summed E-state index contributed by atoms with van der Waals surface area (Å²) in [7, 11) is 0. The van der Waals surface area contributed by atoms with Crippen molar-refractivity contribution in [2.24, 2.45) is 0 Å². The topological polar surface area (TPSA) is 173 Å². The van der Waals surface area contributed by atoms with Gasteiger partial charge in [-0.15, -0.1) is 0 Å². The second-order valence-electron chi connectivity index (χ2n) is 15.0. The number of aliphatic hydroxyl groups is 1. The Balaban J connectivity index is 0.964. The highest BCUT2D eigenvalue weighted by Crippen LogP contribution is 2.39. The summed E-state index contributed by atoms with van der Waals surface area (Å²) in [4.78, 5) is 40.5. The zero-order chi connectivity index (χ0) is 41.1. The van der Waals surface area contributed by atoms with Gasteiger partial charge in [0.05, 0.1) is 35.1 Å². The molecule has 5 N–H and O–H groups in total. The van der Waals surface area contributed by atoms with Crippen LogP contribution in [0, 0.1) is 10.1 Å². The Labute approximate surface area is 343 Å². The third-order valence-electron chi connectivity index (χ3n) is 10.9. The van der Waals surface area contributed by atoms with Crippen LogP contribution in [0.5, 0.6) is 0 Å². The molecule has 2 heterocycles. The van der Waals surface area contributed by atoms with Crippen LogP contribution in [0.4, 0.5) is 22.7 Å². The maximum absolute atomic E-state index is 12.8. The maximum atomic E-state index is 12.8. The SMILES string of the molecule is Nc1ccccc1NC(=O)CCCC(=O)NCc1ccccc1-c1ccc([C@@H]2O[C@H](CN3CCN(c4ccc([N+](=O)[O-])cc4)CC3)C[C@H](c3ccc(CO)cc3)O2)cc1. The van der Waals surface area contributed by atoms with Crippen LogP contribution in [-0.2, 0) is 32.2 Å². The van der Waals surface area contributed by atoms with Gasteiger partial charge < -0.3 is 35.8 Å². The monoisotopic (exact) mass is 798 g/mol. The van der Waals surface area contributed by atoms with E-state index in [-0.39, 0.29) is 54.1 Å². The zero-order valence-corrected chi connectivity index (χ0v) is 32.9. The molecule has 5 aromatic rings. The Morgan fingerprint density at radius 2 is 1.47 bits per heavy atom. The van der Waals surface area contributed by atoms with Crippen molar-refractivity contribution in [1.29, 1.82) is 0 Å². The summed E-state index contributed by atoms with van der Waals surface area (Å²) in [5.74, 6) is -0.316. The number of nitro benzene ring substituents is 1. The number of piperazine rings is 1. The van der Waals surface area contributed by atoms with Crippen LogP contribution in [0.3, 0.4) is 0 Å². The first-order valence-electron chi connectivity index (χ1n) is 20.0. The van der Waals surface area contributed by atoms with Crippen LogP contribution in [0.25, 0.3) is 11.1 Å². The van der Waals surface area contributed by atoms with Crippen molar-refractivity contribution in [1.82, 2.24) is 10.2 Å². The second-order valence-corrected chi connectivity index (χ2v) is 15.0. The van der Waals surface area contributed by atoms with Crippen molar-refractivity contribution >= 4 is 34.6 Å². The van der Waals surface area contributed by atoms with Crippen molar-refractivity contribution in [3.05, 3.63) is 154 Å². The number of carbonyl (C=O) groups excluding carboxylic acids is 2. The second kappa shape index (κ2) is 19.6. The van der Waals surface area contributed by atoms with E-state index in [0.29, 0.717) is 30.8 Å². The predicted molar refractivity (Wildman–Crippen MR) is 227 cm³/mol. The third kappa shape index (κ3) is 10.9. The summed E-state index contributed by atoms with van der Waals surface area (Å²) in [6, 6.07) is 37.8. The fraction of sp³-hybridized carbons (Fsp3) is 0.304. The number of ether oxygens (including phenoxy) is 2. The highest BCUT2D eigenvalue weighted by molar-refractivity contribution is 5.94. The highest BCUT2D eigenvalue weighted by Gasteiger charge is 2.34. The molecule has 59 heavy (non-hydrogen) atoms. The quantitative estimate of drug-likeness (QED) is 0.0485. The molecule has 7 rings (SSSR count).